The highest BCUT2D eigenvalue weighted by atomic mass is 32.2. The molecule has 2 saturated heterocycles. The number of hydrogen-bond donors (Lipinski definition) is 1. The average Bonchev–Trinajstić information content (AvgIpc) is 2.88. The molecule has 0 aromatic rings. The van der Waals surface area contributed by atoms with Crippen LogP contribution in [0.4, 0.5) is 0 Å². The van der Waals surface area contributed by atoms with Gasteiger partial charge in [-0.3, -0.25) is 4.99 Å². The van der Waals surface area contributed by atoms with Crippen molar-refractivity contribution < 1.29 is 0 Å². The molecule has 21 heavy (non-hydrogen) atoms. The molecule has 0 bridgehead atoms. The highest BCUT2D eigenvalue weighted by Crippen LogP contribution is 2.38. The summed E-state index contributed by atoms with van der Waals surface area (Å²) in [5, 5.41) is 5.06. The largest absolute Gasteiger partial charge is 0.359 e. The van der Waals surface area contributed by atoms with E-state index in [9.17, 15) is 0 Å². The van der Waals surface area contributed by atoms with Crippen LogP contribution in [0.15, 0.2) is 4.99 Å². The van der Waals surface area contributed by atoms with Crippen LogP contribution in [-0.4, -0.2) is 47.0 Å². The van der Waals surface area contributed by atoms with Crippen LogP contribution in [0.1, 0.15) is 58.8 Å². The first-order chi connectivity index (χ1) is 10.2. The van der Waals surface area contributed by atoms with Crippen LogP contribution in [0.5, 0.6) is 0 Å². The zero-order valence-electron chi connectivity index (χ0n) is 13.7. The summed E-state index contributed by atoms with van der Waals surface area (Å²) >= 11 is 1.98. The Kier molecular flexibility index (Phi) is 5.15. The standard InChI is InChI=1S/C17H31N3S/c1-3-10-20-11-6-15(7-12-20)18-16-19-17(13-21-16)8-4-14(2)5-9-17/h14-15H,3-13H2,1-2H3,(H,18,19). The second-order valence-corrected chi connectivity index (χ2v) is 8.35. The number of piperidine rings is 1. The van der Waals surface area contributed by atoms with Gasteiger partial charge in [-0.1, -0.05) is 25.6 Å². The Morgan fingerprint density at radius 3 is 2.62 bits per heavy atom. The molecule has 0 atom stereocenters. The van der Waals surface area contributed by atoms with Gasteiger partial charge in [0.15, 0.2) is 5.17 Å². The fraction of sp³-hybridized carbons (Fsp3) is 0.941. The molecule has 0 radical (unpaired) electrons. The maximum Gasteiger partial charge on any atom is 0.157 e. The first-order valence-electron chi connectivity index (χ1n) is 8.90. The molecule has 3 aliphatic rings. The Morgan fingerprint density at radius 1 is 1.24 bits per heavy atom. The predicted molar refractivity (Wildman–Crippen MR) is 93.1 cm³/mol. The molecule has 3 nitrogen and oxygen atoms in total. The summed E-state index contributed by atoms with van der Waals surface area (Å²) in [6, 6.07) is 0.561. The fourth-order valence-corrected chi connectivity index (χ4v) is 5.20. The third kappa shape index (κ3) is 3.95. The van der Waals surface area contributed by atoms with Crippen molar-refractivity contribution in [2.75, 3.05) is 25.4 Å². The number of rotatable bonds is 3. The molecular weight excluding hydrogens is 278 g/mol. The van der Waals surface area contributed by atoms with Gasteiger partial charge in [0.2, 0.25) is 0 Å². The summed E-state index contributed by atoms with van der Waals surface area (Å²) < 4.78 is 0. The van der Waals surface area contributed by atoms with Crippen LogP contribution >= 0.6 is 11.8 Å². The maximum absolute atomic E-state index is 5.04. The molecule has 120 valence electrons. The van der Waals surface area contributed by atoms with E-state index in [0.29, 0.717) is 11.6 Å². The van der Waals surface area contributed by atoms with Crippen molar-refractivity contribution in [1.82, 2.24) is 10.2 Å². The molecule has 1 spiro atoms. The van der Waals surface area contributed by atoms with Gasteiger partial charge in [-0.25, -0.2) is 0 Å². The van der Waals surface area contributed by atoms with Gasteiger partial charge in [-0.15, -0.1) is 0 Å². The maximum atomic E-state index is 5.04. The van der Waals surface area contributed by atoms with Crippen molar-refractivity contribution in [3.63, 3.8) is 0 Å². The minimum atomic E-state index is 0.388. The Balaban J connectivity index is 1.50. The normalized spacial score (nSPS) is 37.2. The van der Waals surface area contributed by atoms with E-state index in [2.05, 4.69) is 24.1 Å². The van der Waals surface area contributed by atoms with Crippen LogP contribution in [0.3, 0.4) is 0 Å². The lowest BCUT2D eigenvalue weighted by Gasteiger charge is -2.36. The number of aliphatic imine (C=N–C) groups is 1. The average molecular weight is 310 g/mol. The van der Waals surface area contributed by atoms with Crippen LogP contribution in [-0.2, 0) is 0 Å². The van der Waals surface area contributed by atoms with Crippen molar-refractivity contribution in [3.8, 4) is 0 Å². The molecule has 1 N–H and O–H groups in total. The second-order valence-electron chi connectivity index (χ2n) is 7.38. The molecule has 0 unspecified atom stereocenters. The molecule has 0 aromatic heterocycles. The van der Waals surface area contributed by atoms with Gasteiger partial charge < -0.3 is 10.2 Å². The quantitative estimate of drug-likeness (QED) is 0.864. The minimum Gasteiger partial charge on any atom is -0.359 e. The molecule has 2 aliphatic heterocycles. The highest BCUT2D eigenvalue weighted by Gasteiger charge is 2.39. The van der Waals surface area contributed by atoms with E-state index in [0.717, 1.165) is 5.92 Å². The lowest BCUT2D eigenvalue weighted by Crippen LogP contribution is -2.46. The Morgan fingerprint density at radius 2 is 1.95 bits per heavy atom. The fourth-order valence-electron chi connectivity index (χ4n) is 3.91. The van der Waals surface area contributed by atoms with E-state index in [-0.39, 0.29) is 0 Å². The molecule has 3 fully saturated rings. The van der Waals surface area contributed by atoms with Crippen LogP contribution < -0.4 is 5.32 Å². The van der Waals surface area contributed by atoms with E-state index >= 15 is 0 Å². The first-order valence-corrected chi connectivity index (χ1v) is 9.89. The summed E-state index contributed by atoms with van der Waals surface area (Å²) in [5.41, 5.74) is 0.388. The van der Waals surface area contributed by atoms with E-state index in [1.54, 1.807) is 0 Å². The lowest BCUT2D eigenvalue weighted by molar-refractivity contribution is 0.214. The van der Waals surface area contributed by atoms with Crippen molar-refractivity contribution in [2.45, 2.75) is 70.4 Å². The molecule has 3 rings (SSSR count). The van der Waals surface area contributed by atoms with E-state index in [1.807, 2.05) is 11.8 Å². The van der Waals surface area contributed by atoms with Gasteiger partial charge in [0, 0.05) is 24.4 Å². The first kappa shape index (κ1) is 15.7. The predicted octanol–water partition coefficient (Wildman–Crippen LogP) is 3.50. The van der Waals surface area contributed by atoms with Crippen molar-refractivity contribution >= 4 is 16.9 Å². The van der Waals surface area contributed by atoms with E-state index in [1.165, 1.54) is 75.5 Å². The molecule has 2 heterocycles. The molecule has 1 saturated carbocycles. The number of nitrogens with zero attached hydrogens (tertiary/aromatic N) is 2. The molecule has 1 aliphatic carbocycles. The van der Waals surface area contributed by atoms with Crippen LogP contribution in [0, 0.1) is 5.92 Å². The van der Waals surface area contributed by atoms with Gasteiger partial charge in [0.05, 0.1) is 6.04 Å². The Labute approximate surface area is 134 Å². The highest BCUT2D eigenvalue weighted by molar-refractivity contribution is 8.14. The van der Waals surface area contributed by atoms with Gasteiger partial charge >= 0.3 is 0 Å². The van der Waals surface area contributed by atoms with Crippen LogP contribution in [0.2, 0.25) is 0 Å². The monoisotopic (exact) mass is 309 g/mol. The third-order valence-corrected chi connectivity index (χ3v) is 6.66. The number of hydrogen-bond acceptors (Lipinski definition) is 3. The zero-order chi connectivity index (χ0) is 14.7. The number of nitrogens with one attached hydrogen (secondary N) is 1. The summed E-state index contributed by atoms with van der Waals surface area (Å²) in [5.74, 6) is 2.17. The van der Waals surface area contributed by atoms with Gasteiger partial charge in [-0.2, -0.15) is 0 Å². The summed E-state index contributed by atoms with van der Waals surface area (Å²) in [6.07, 6.45) is 9.22. The Hall–Kier alpha value is -0.220. The minimum absolute atomic E-state index is 0.388. The number of thioether (sulfide) groups is 1. The molecule has 4 heteroatoms. The van der Waals surface area contributed by atoms with E-state index in [4.69, 9.17) is 4.99 Å². The smallest absolute Gasteiger partial charge is 0.157 e. The topological polar surface area (TPSA) is 27.6 Å². The zero-order valence-corrected chi connectivity index (χ0v) is 14.6. The van der Waals surface area contributed by atoms with Crippen LogP contribution in [0.25, 0.3) is 0 Å². The summed E-state index contributed by atoms with van der Waals surface area (Å²) in [6.45, 7) is 8.41. The summed E-state index contributed by atoms with van der Waals surface area (Å²) in [4.78, 5) is 7.63. The van der Waals surface area contributed by atoms with Gasteiger partial charge in [-0.05, 0) is 57.4 Å². The molecule has 0 amide bonds. The van der Waals surface area contributed by atoms with Gasteiger partial charge in [0.25, 0.3) is 0 Å². The Bertz CT molecular complexity index is 366. The lowest BCUT2D eigenvalue weighted by atomic mass is 9.78. The molecule has 0 aromatic carbocycles. The van der Waals surface area contributed by atoms with Crippen molar-refractivity contribution in [2.24, 2.45) is 10.9 Å². The van der Waals surface area contributed by atoms with Crippen molar-refractivity contribution in [3.05, 3.63) is 0 Å². The summed E-state index contributed by atoms with van der Waals surface area (Å²) in [7, 11) is 0. The number of amidine groups is 1. The third-order valence-electron chi connectivity index (χ3n) is 5.49. The SMILES string of the molecule is CCCN1CCC(N=C2NC3(CCC(C)CC3)CS2)CC1. The number of likely N-dealkylation sites (tertiary alicyclic amines) is 1. The van der Waals surface area contributed by atoms with Gasteiger partial charge in [0.1, 0.15) is 0 Å². The molecular formula is C17H31N3S. The second kappa shape index (κ2) is 6.91. The van der Waals surface area contributed by atoms with Crippen molar-refractivity contribution in [1.29, 1.82) is 0 Å². The van der Waals surface area contributed by atoms with E-state index < -0.39 is 0 Å².